The number of benzene rings is 2. The smallest absolute Gasteiger partial charge is 0.337 e. The van der Waals surface area contributed by atoms with Crippen LogP contribution in [-0.2, 0) is 4.74 Å². The third kappa shape index (κ3) is 3.37. The van der Waals surface area contributed by atoms with Crippen LogP contribution in [0, 0.1) is 11.3 Å². The lowest BCUT2D eigenvalue weighted by molar-refractivity contribution is 0.0600. The summed E-state index contributed by atoms with van der Waals surface area (Å²) in [5.41, 5.74) is 2.14. The van der Waals surface area contributed by atoms with Crippen molar-refractivity contribution in [2.75, 3.05) is 7.11 Å². The van der Waals surface area contributed by atoms with Gasteiger partial charge in [0.2, 0.25) is 5.78 Å². The zero-order valence-electron chi connectivity index (χ0n) is 13.7. The van der Waals surface area contributed by atoms with Gasteiger partial charge < -0.3 is 9.72 Å². The van der Waals surface area contributed by atoms with E-state index in [1.807, 2.05) is 6.07 Å². The van der Waals surface area contributed by atoms with Crippen LogP contribution in [0.2, 0.25) is 5.02 Å². The van der Waals surface area contributed by atoms with Crippen LogP contribution < -0.4 is 0 Å². The van der Waals surface area contributed by atoms with Crippen molar-refractivity contribution in [3.63, 3.8) is 0 Å². The van der Waals surface area contributed by atoms with Crippen LogP contribution >= 0.6 is 11.6 Å². The highest BCUT2D eigenvalue weighted by molar-refractivity contribution is 6.31. The van der Waals surface area contributed by atoms with Crippen LogP contribution in [0.25, 0.3) is 17.0 Å². The molecule has 3 rings (SSSR count). The number of carbonyl (C=O) groups is 2. The number of nitrogens with zero attached hydrogens (tertiary/aromatic N) is 1. The molecule has 1 aromatic heterocycles. The molecule has 0 aliphatic carbocycles. The quantitative estimate of drug-likeness (QED) is 0.322. The molecule has 5 nitrogen and oxygen atoms in total. The number of fused-ring (bicyclic) bond motifs is 1. The number of hydrogen-bond donors (Lipinski definition) is 1. The average Bonchev–Trinajstić information content (AvgIpc) is 3.08. The van der Waals surface area contributed by atoms with Gasteiger partial charge in [-0.2, -0.15) is 5.26 Å². The zero-order valence-corrected chi connectivity index (χ0v) is 14.5. The van der Waals surface area contributed by atoms with Crippen LogP contribution in [0.5, 0.6) is 0 Å². The second kappa shape index (κ2) is 7.26. The first-order valence-electron chi connectivity index (χ1n) is 7.65. The third-order valence-corrected chi connectivity index (χ3v) is 4.13. The second-order valence-electron chi connectivity index (χ2n) is 5.50. The van der Waals surface area contributed by atoms with Crippen molar-refractivity contribution in [2.45, 2.75) is 0 Å². The number of Topliss-reactive ketones (excluding diaryl/α,β-unsaturated/α-hetero) is 1. The Morgan fingerprint density at radius 1 is 1.19 bits per heavy atom. The molecule has 0 amide bonds. The summed E-state index contributed by atoms with van der Waals surface area (Å²) >= 11 is 5.95. The minimum Gasteiger partial charge on any atom is -0.465 e. The molecule has 0 aliphatic heterocycles. The lowest BCUT2D eigenvalue weighted by Gasteiger charge is -2.01. The van der Waals surface area contributed by atoms with Crippen molar-refractivity contribution < 1.29 is 14.3 Å². The molecule has 0 saturated heterocycles. The molecule has 0 radical (unpaired) electrons. The van der Waals surface area contributed by atoms with Crippen LogP contribution in [0.3, 0.4) is 0 Å². The van der Waals surface area contributed by atoms with Crippen LogP contribution in [0.4, 0.5) is 0 Å². The minimum absolute atomic E-state index is 0.00771. The van der Waals surface area contributed by atoms with E-state index in [0.29, 0.717) is 27.1 Å². The van der Waals surface area contributed by atoms with E-state index < -0.39 is 11.8 Å². The monoisotopic (exact) mass is 364 g/mol. The lowest BCUT2D eigenvalue weighted by Crippen LogP contribution is -2.02. The predicted molar refractivity (Wildman–Crippen MR) is 99.0 cm³/mol. The van der Waals surface area contributed by atoms with E-state index in [2.05, 4.69) is 9.72 Å². The van der Waals surface area contributed by atoms with E-state index in [0.717, 1.165) is 5.52 Å². The maximum atomic E-state index is 12.7. The summed E-state index contributed by atoms with van der Waals surface area (Å²) in [4.78, 5) is 27.2. The molecule has 0 saturated carbocycles. The number of hydrogen-bond acceptors (Lipinski definition) is 4. The first-order chi connectivity index (χ1) is 12.5. The SMILES string of the molecule is COC(=O)c1ccc(/C=C(\C#N)C(=O)c2c[nH]c3cc(Cl)ccc23)cc1. The maximum absolute atomic E-state index is 12.7. The summed E-state index contributed by atoms with van der Waals surface area (Å²) in [6, 6.07) is 13.5. The Morgan fingerprint density at radius 2 is 1.92 bits per heavy atom. The van der Waals surface area contributed by atoms with Gasteiger partial charge in [-0.25, -0.2) is 4.79 Å². The molecule has 1 N–H and O–H groups in total. The number of nitrogens with one attached hydrogen (secondary N) is 1. The van der Waals surface area contributed by atoms with Gasteiger partial charge in [-0.3, -0.25) is 4.79 Å². The molecule has 6 heteroatoms. The van der Waals surface area contributed by atoms with E-state index in [1.165, 1.54) is 13.2 Å². The molecule has 0 spiro atoms. The summed E-state index contributed by atoms with van der Waals surface area (Å²) in [5, 5.41) is 10.7. The Morgan fingerprint density at radius 3 is 2.58 bits per heavy atom. The number of rotatable bonds is 4. The highest BCUT2D eigenvalue weighted by Gasteiger charge is 2.17. The first kappa shape index (κ1) is 17.5. The highest BCUT2D eigenvalue weighted by atomic mass is 35.5. The molecule has 1 heterocycles. The fourth-order valence-electron chi connectivity index (χ4n) is 2.58. The van der Waals surface area contributed by atoms with Gasteiger partial charge in [-0.15, -0.1) is 0 Å². The molecule has 0 aliphatic rings. The number of ketones is 1. The van der Waals surface area contributed by atoms with Crippen molar-refractivity contribution in [1.29, 1.82) is 5.26 Å². The van der Waals surface area contributed by atoms with E-state index in [9.17, 15) is 14.9 Å². The fraction of sp³-hybridized carbons (Fsp3) is 0.0500. The van der Waals surface area contributed by atoms with Gasteiger partial charge in [0.25, 0.3) is 0 Å². The molecule has 26 heavy (non-hydrogen) atoms. The average molecular weight is 365 g/mol. The van der Waals surface area contributed by atoms with E-state index in [1.54, 1.807) is 48.7 Å². The van der Waals surface area contributed by atoms with Gasteiger partial charge in [-0.1, -0.05) is 29.8 Å². The van der Waals surface area contributed by atoms with Crippen molar-refractivity contribution in [3.05, 3.63) is 75.9 Å². The molecular formula is C20H13ClN2O3. The molecule has 0 unspecified atom stereocenters. The van der Waals surface area contributed by atoms with Gasteiger partial charge in [0.05, 0.1) is 12.7 Å². The molecule has 0 atom stereocenters. The Hall–Kier alpha value is -3.36. The number of nitriles is 1. The minimum atomic E-state index is -0.449. The Bertz CT molecular complexity index is 1070. The van der Waals surface area contributed by atoms with Crippen molar-refractivity contribution in [2.24, 2.45) is 0 Å². The van der Waals surface area contributed by atoms with Crippen molar-refractivity contribution >= 4 is 40.3 Å². The number of aromatic amines is 1. The molecular weight excluding hydrogens is 352 g/mol. The summed E-state index contributed by atoms with van der Waals surface area (Å²) in [5.74, 6) is -0.840. The molecule has 2 aromatic carbocycles. The number of ether oxygens (including phenoxy) is 1. The van der Waals surface area contributed by atoms with Gasteiger partial charge in [-0.05, 0) is 35.9 Å². The summed E-state index contributed by atoms with van der Waals surface area (Å²) in [6.45, 7) is 0. The third-order valence-electron chi connectivity index (χ3n) is 3.90. The first-order valence-corrected chi connectivity index (χ1v) is 8.03. The number of aromatic nitrogens is 1. The summed E-state index contributed by atoms with van der Waals surface area (Å²) in [6.07, 6.45) is 3.05. The fourth-order valence-corrected chi connectivity index (χ4v) is 2.75. The van der Waals surface area contributed by atoms with Gasteiger partial charge in [0, 0.05) is 27.7 Å². The Kier molecular flexibility index (Phi) is 4.87. The van der Waals surface area contributed by atoms with E-state index in [4.69, 9.17) is 11.6 Å². The normalized spacial score (nSPS) is 11.2. The number of H-pyrrole nitrogens is 1. The summed E-state index contributed by atoms with van der Waals surface area (Å²) < 4.78 is 4.64. The number of carbonyl (C=O) groups excluding carboxylic acids is 2. The van der Waals surface area contributed by atoms with E-state index >= 15 is 0 Å². The van der Waals surface area contributed by atoms with Gasteiger partial charge >= 0.3 is 5.97 Å². The van der Waals surface area contributed by atoms with Crippen LogP contribution in [-0.4, -0.2) is 23.8 Å². The maximum Gasteiger partial charge on any atom is 0.337 e. The Balaban J connectivity index is 1.94. The number of esters is 1. The predicted octanol–water partition coefficient (Wildman–Crippen LogP) is 4.40. The second-order valence-corrected chi connectivity index (χ2v) is 5.94. The topological polar surface area (TPSA) is 82.9 Å². The molecule has 0 bridgehead atoms. The van der Waals surface area contributed by atoms with Crippen LogP contribution in [0.1, 0.15) is 26.3 Å². The number of allylic oxidation sites excluding steroid dienone is 1. The largest absolute Gasteiger partial charge is 0.465 e. The van der Waals surface area contributed by atoms with Crippen molar-refractivity contribution in [1.82, 2.24) is 4.98 Å². The molecule has 128 valence electrons. The lowest BCUT2D eigenvalue weighted by atomic mass is 10.0. The highest BCUT2D eigenvalue weighted by Crippen LogP contribution is 2.24. The van der Waals surface area contributed by atoms with Crippen LogP contribution in [0.15, 0.2) is 54.2 Å². The number of methoxy groups -OCH3 is 1. The van der Waals surface area contributed by atoms with E-state index in [-0.39, 0.29) is 5.57 Å². The number of halogens is 1. The zero-order chi connectivity index (χ0) is 18.7. The standard InChI is InChI=1S/C20H13ClN2O3/c1-26-20(25)13-4-2-12(3-5-13)8-14(10-22)19(24)17-11-23-18-9-15(21)6-7-16(17)18/h2-9,11,23H,1H3/b14-8+. The Labute approximate surface area is 154 Å². The van der Waals surface area contributed by atoms with Crippen molar-refractivity contribution in [3.8, 4) is 6.07 Å². The van der Waals surface area contributed by atoms with Gasteiger partial charge in [0.1, 0.15) is 11.6 Å². The molecule has 3 aromatic rings. The molecule has 0 fully saturated rings. The van der Waals surface area contributed by atoms with Gasteiger partial charge in [0.15, 0.2) is 0 Å². The summed E-state index contributed by atoms with van der Waals surface area (Å²) in [7, 11) is 1.30.